The molecule has 162 valence electrons. The van der Waals surface area contributed by atoms with Gasteiger partial charge in [0.2, 0.25) is 5.91 Å². The molecule has 0 aliphatic heterocycles. The van der Waals surface area contributed by atoms with E-state index in [1.54, 1.807) is 35.6 Å². The van der Waals surface area contributed by atoms with Crippen molar-refractivity contribution in [3.05, 3.63) is 72.3 Å². The maximum atomic E-state index is 13.2. The van der Waals surface area contributed by atoms with Crippen LogP contribution in [0.15, 0.2) is 66.1 Å². The number of anilines is 1. The number of carbonyl (C=O) groups is 1. The van der Waals surface area contributed by atoms with E-state index in [4.69, 9.17) is 4.98 Å². The number of nitrogens with zero attached hydrogens (tertiary/aromatic N) is 4. The summed E-state index contributed by atoms with van der Waals surface area (Å²) in [5.74, 6) is 0.478. The highest BCUT2D eigenvalue weighted by atomic mass is 35.5. The SMILES string of the molecule is Cc1cc(C)c2sc(N(CCCn3ccnc3)C(=O)CSc3ccccc3)nc2c1.Cl. The van der Waals surface area contributed by atoms with Gasteiger partial charge in [-0.05, 0) is 49.6 Å². The van der Waals surface area contributed by atoms with E-state index < -0.39 is 0 Å². The third kappa shape index (κ3) is 5.87. The molecule has 31 heavy (non-hydrogen) atoms. The van der Waals surface area contributed by atoms with Gasteiger partial charge in [-0.1, -0.05) is 35.6 Å². The van der Waals surface area contributed by atoms with Crippen LogP contribution in [0.2, 0.25) is 0 Å². The Kier molecular flexibility index (Phi) is 8.12. The lowest BCUT2D eigenvalue weighted by molar-refractivity contribution is -0.116. The Balaban J connectivity index is 0.00000272. The second kappa shape index (κ2) is 10.8. The van der Waals surface area contributed by atoms with Crippen molar-refractivity contribution in [3.63, 3.8) is 0 Å². The Morgan fingerprint density at radius 1 is 1.19 bits per heavy atom. The number of benzene rings is 2. The van der Waals surface area contributed by atoms with Crippen molar-refractivity contribution in [2.45, 2.75) is 31.7 Å². The molecule has 0 aliphatic rings. The van der Waals surface area contributed by atoms with Gasteiger partial charge in [0.1, 0.15) is 0 Å². The van der Waals surface area contributed by atoms with E-state index in [0.29, 0.717) is 12.3 Å². The first-order valence-corrected chi connectivity index (χ1v) is 11.7. The summed E-state index contributed by atoms with van der Waals surface area (Å²) >= 11 is 3.17. The lowest BCUT2D eigenvalue weighted by Gasteiger charge is -2.20. The highest BCUT2D eigenvalue weighted by Gasteiger charge is 2.20. The Morgan fingerprint density at radius 3 is 2.74 bits per heavy atom. The van der Waals surface area contributed by atoms with Gasteiger partial charge < -0.3 is 4.57 Å². The number of carbonyl (C=O) groups excluding carboxylic acids is 1. The van der Waals surface area contributed by atoms with Crippen molar-refractivity contribution in [3.8, 4) is 0 Å². The van der Waals surface area contributed by atoms with Crippen molar-refractivity contribution in [1.82, 2.24) is 14.5 Å². The van der Waals surface area contributed by atoms with Crippen LogP contribution in [0, 0.1) is 13.8 Å². The van der Waals surface area contributed by atoms with E-state index in [1.165, 1.54) is 11.1 Å². The minimum Gasteiger partial charge on any atom is -0.337 e. The van der Waals surface area contributed by atoms with Gasteiger partial charge in [-0.25, -0.2) is 9.97 Å². The van der Waals surface area contributed by atoms with E-state index >= 15 is 0 Å². The molecule has 0 unspecified atom stereocenters. The van der Waals surface area contributed by atoms with Crippen molar-refractivity contribution >= 4 is 56.8 Å². The number of imidazole rings is 1. The molecular weight excluding hydrogens is 448 g/mol. The van der Waals surface area contributed by atoms with Gasteiger partial charge in [-0.2, -0.15) is 0 Å². The van der Waals surface area contributed by atoms with Crippen molar-refractivity contribution in [2.75, 3.05) is 17.2 Å². The molecular formula is C23H25ClN4OS2. The molecule has 0 aliphatic carbocycles. The zero-order chi connectivity index (χ0) is 20.9. The third-order valence-corrected chi connectivity index (χ3v) is 7.03. The first kappa shape index (κ1) is 23.3. The van der Waals surface area contributed by atoms with Crippen LogP contribution in [0.25, 0.3) is 10.2 Å². The number of aryl methyl sites for hydroxylation is 3. The second-order valence-corrected chi connectivity index (χ2v) is 9.25. The van der Waals surface area contributed by atoms with Crippen LogP contribution >= 0.6 is 35.5 Å². The number of thioether (sulfide) groups is 1. The topological polar surface area (TPSA) is 51.0 Å². The van der Waals surface area contributed by atoms with Gasteiger partial charge in [-0.15, -0.1) is 24.2 Å². The maximum Gasteiger partial charge on any atom is 0.239 e. The molecule has 0 N–H and O–H groups in total. The van der Waals surface area contributed by atoms with Crippen LogP contribution in [0.4, 0.5) is 5.13 Å². The molecule has 2 heterocycles. The largest absolute Gasteiger partial charge is 0.337 e. The normalized spacial score (nSPS) is 10.8. The number of amides is 1. The quantitative estimate of drug-likeness (QED) is 0.306. The van der Waals surface area contributed by atoms with Crippen molar-refractivity contribution in [2.24, 2.45) is 0 Å². The molecule has 0 bridgehead atoms. The van der Waals surface area contributed by atoms with Gasteiger partial charge in [0, 0.05) is 30.4 Å². The number of thiazole rings is 1. The molecule has 4 aromatic rings. The Hall–Kier alpha value is -2.35. The minimum absolute atomic E-state index is 0. The predicted molar refractivity (Wildman–Crippen MR) is 133 cm³/mol. The molecule has 4 rings (SSSR count). The summed E-state index contributed by atoms with van der Waals surface area (Å²) in [7, 11) is 0. The van der Waals surface area contributed by atoms with E-state index in [1.807, 2.05) is 46.0 Å². The summed E-state index contributed by atoms with van der Waals surface area (Å²) in [6.07, 6.45) is 6.37. The standard InChI is InChI=1S/C23H24N4OS2.ClH/c1-17-13-18(2)22-20(14-17)25-23(30-22)27(11-6-10-26-12-9-24-16-26)21(28)15-29-19-7-4-3-5-8-19;/h3-5,7-9,12-14,16H,6,10-11,15H2,1-2H3;1H. The molecule has 2 aromatic carbocycles. The van der Waals surface area contributed by atoms with Crippen LogP contribution < -0.4 is 4.90 Å². The molecule has 0 saturated heterocycles. The number of hydrogen-bond donors (Lipinski definition) is 0. The molecule has 8 heteroatoms. The highest BCUT2D eigenvalue weighted by Crippen LogP contribution is 2.33. The molecule has 1 amide bonds. The van der Waals surface area contributed by atoms with Crippen LogP contribution in [0.1, 0.15) is 17.5 Å². The number of rotatable bonds is 8. The average Bonchev–Trinajstić information content (AvgIpc) is 3.40. The molecule has 0 radical (unpaired) electrons. The van der Waals surface area contributed by atoms with Gasteiger partial charge in [0.05, 0.1) is 22.3 Å². The minimum atomic E-state index is 0. The van der Waals surface area contributed by atoms with Crippen LogP contribution in [0.5, 0.6) is 0 Å². The van der Waals surface area contributed by atoms with Crippen LogP contribution in [-0.2, 0) is 11.3 Å². The van der Waals surface area contributed by atoms with E-state index in [9.17, 15) is 4.79 Å². The Morgan fingerprint density at radius 2 is 2.00 bits per heavy atom. The lowest BCUT2D eigenvalue weighted by atomic mass is 10.1. The molecule has 0 spiro atoms. The summed E-state index contributed by atoms with van der Waals surface area (Å²) in [4.78, 5) is 25.1. The fourth-order valence-corrected chi connectivity index (χ4v) is 5.23. The molecule has 0 saturated carbocycles. The Labute approximate surface area is 196 Å². The van der Waals surface area contributed by atoms with Crippen molar-refractivity contribution < 1.29 is 4.79 Å². The zero-order valence-electron chi connectivity index (χ0n) is 17.5. The zero-order valence-corrected chi connectivity index (χ0v) is 20.0. The lowest BCUT2D eigenvalue weighted by Crippen LogP contribution is -2.33. The first-order valence-electron chi connectivity index (χ1n) is 9.92. The number of halogens is 1. The van der Waals surface area contributed by atoms with Gasteiger partial charge >= 0.3 is 0 Å². The monoisotopic (exact) mass is 472 g/mol. The molecule has 2 aromatic heterocycles. The summed E-state index contributed by atoms with van der Waals surface area (Å²) in [5.41, 5.74) is 3.36. The van der Waals surface area contributed by atoms with E-state index in [-0.39, 0.29) is 18.3 Å². The summed E-state index contributed by atoms with van der Waals surface area (Å²) < 4.78 is 3.19. The molecule has 0 atom stereocenters. The van der Waals surface area contributed by atoms with E-state index in [2.05, 4.69) is 31.0 Å². The van der Waals surface area contributed by atoms with E-state index in [0.717, 1.165) is 33.2 Å². The highest BCUT2D eigenvalue weighted by molar-refractivity contribution is 8.00. The molecule has 0 fully saturated rings. The summed E-state index contributed by atoms with van der Waals surface area (Å²) in [5, 5.41) is 0.781. The first-order chi connectivity index (χ1) is 14.6. The third-order valence-electron chi connectivity index (χ3n) is 4.80. The van der Waals surface area contributed by atoms with Gasteiger partial charge in [0.15, 0.2) is 5.13 Å². The van der Waals surface area contributed by atoms with Gasteiger partial charge in [-0.3, -0.25) is 9.69 Å². The fraction of sp³-hybridized carbons (Fsp3) is 0.261. The molecule has 5 nitrogen and oxygen atoms in total. The fourth-order valence-electron chi connectivity index (χ4n) is 3.38. The van der Waals surface area contributed by atoms with Crippen LogP contribution in [-0.4, -0.2) is 32.7 Å². The smallest absolute Gasteiger partial charge is 0.239 e. The Bertz CT molecular complexity index is 1130. The maximum absolute atomic E-state index is 13.2. The summed E-state index contributed by atoms with van der Waals surface area (Å²) in [6, 6.07) is 14.3. The summed E-state index contributed by atoms with van der Waals surface area (Å²) in [6.45, 7) is 5.63. The second-order valence-electron chi connectivity index (χ2n) is 7.23. The average molecular weight is 473 g/mol. The van der Waals surface area contributed by atoms with Crippen LogP contribution in [0.3, 0.4) is 0 Å². The number of aromatic nitrogens is 3. The number of hydrogen-bond acceptors (Lipinski definition) is 5. The predicted octanol–water partition coefficient (Wildman–Crippen LogP) is 5.75. The van der Waals surface area contributed by atoms with Gasteiger partial charge in [0.25, 0.3) is 0 Å². The van der Waals surface area contributed by atoms with Crippen molar-refractivity contribution in [1.29, 1.82) is 0 Å². The number of fused-ring (bicyclic) bond motifs is 1.